The quantitative estimate of drug-likeness (QED) is 0.854. The van der Waals surface area contributed by atoms with Crippen LogP contribution in [0.2, 0.25) is 0 Å². The summed E-state index contributed by atoms with van der Waals surface area (Å²) in [6.45, 7) is 2.90. The molecule has 2 heterocycles. The minimum Gasteiger partial charge on any atom is -0.490 e. The third kappa shape index (κ3) is 2.07. The molecule has 0 saturated heterocycles. The van der Waals surface area contributed by atoms with E-state index in [4.69, 9.17) is 9.47 Å². The van der Waals surface area contributed by atoms with Crippen molar-refractivity contribution in [1.29, 1.82) is 0 Å². The van der Waals surface area contributed by atoms with E-state index in [1.54, 1.807) is 13.0 Å². The molecule has 0 saturated carbocycles. The van der Waals surface area contributed by atoms with E-state index in [0.717, 1.165) is 12.0 Å². The summed E-state index contributed by atoms with van der Waals surface area (Å²) in [6.07, 6.45) is 1.38. The fourth-order valence-corrected chi connectivity index (χ4v) is 4.48. The second kappa shape index (κ2) is 4.93. The van der Waals surface area contributed by atoms with Crippen molar-refractivity contribution < 1.29 is 17.9 Å². The summed E-state index contributed by atoms with van der Waals surface area (Å²) in [5.41, 5.74) is 0.787. The van der Waals surface area contributed by atoms with Crippen molar-refractivity contribution in [2.45, 2.75) is 36.0 Å². The maximum atomic E-state index is 12.5. The Morgan fingerprint density at radius 3 is 2.50 bits per heavy atom. The van der Waals surface area contributed by atoms with Crippen molar-refractivity contribution in [3.8, 4) is 11.5 Å². The van der Waals surface area contributed by atoms with Crippen LogP contribution in [0.5, 0.6) is 11.5 Å². The lowest BCUT2D eigenvalue weighted by atomic mass is 10.0. The highest BCUT2D eigenvalue weighted by Crippen LogP contribution is 2.42. The fraction of sp³-hybridized carbons (Fsp3) is 0.571. The van der Waals surface area contributed by atoms with Gasteiger partial charge in [0.2, 0.25) is 0 Å². The lowest BCUT2D eigenvalue weighted by Gasteiger charge is -2.30. The number of hydrogen-bond acceptors (Lipinski definition) is 5. The van der Waals surface area contributed by atoms with Crippen LogP contribution >= 0.6 is 0 Å². The molecule has 0 aromatic heterocycles. The van der Waals surface area contributed by atoms with Crippen LogP contribution in [0.3, 0.4) is 0 Å². The Hall–Kier alpha value is -1.27. The highest BCUT2D eigenvalue weighted by atomic mass is 32.2. The predicted octanol–water partition coefficient (Wildman–Crippen LogP) is 1.67. The second-order valence-corrected chi connectivity index (χ2v) is 7.65. The Morgan fingerprint density at radius 1 is 1.20 bits per heavy atom. The molecule has 2 unspecified atom stereocenters. The van der Waals surface area contributed by atoms with Gasteiger partial charge in [-0.2, -0.15) is 0 Å². The number of nitrogens with one attached hydrogen (secondary N) is 1. The molecule has 2 aliphatic rings. The summed E-state index contributed by atoms with van der Waals surface area (Å²) in [4.78, 5) is 0.375. The molecule has 0 bridgehead atoms. The zero-order valence-corrected chi connectivity index (χ0v) is 12.5. The molecule has 2 atom stereocenters. The largest absolute Gasteiger partial charge is 0.490 e. The molecule has 0 radical (unpaired) electrons. The van der Waals surface area contributed by atoms with Crippen LogP contribution in [0.4, 0.5) is 0 Å². The van der Waals surface area contributed by atoms with Gasteiger partial charge in [-0.1, -0.05) is 0 Å². The highest BCUT2D eigenvalue weighted by Gasteiger charge is 2.37. The van der Waals surface area contributed by atoms with E-state index >= 15 is 0 Å². The van der Waals surface area contributed by atoms with Crippen LogP contribution in [0, 0.1) is 0 Å². The maximum Gasteiger partial charge on any atom is 0.181 e. The van der Waals surface area contributed by atoms with Crippen LogP contribution in [-0.2, 0) is 9.84 Å². The zero-order chi connectivity index (χ0) is 14.3. The first-order valence-electron chi connectivity index (χ1n) is 6.88. The van der Waals surface area contributed by atoms with Crippen LogP contribution in [-0.4, -0.2) is 33.9 Å². The van der Waals surface area contributed by atoms with E-state index in [-0.39, 0.29) is 6.04 Å². The molecular formula is C14H19NO4S. The third-order valence-electron chi connectivity index (χ3n) is 4.01. The fourth-order valence-electron chi connectivity index (χ4n) is 2.80. The van der Waals surface area contributed by atoms with Crippen LogP contribution < -0.4 is 14.8 Å². The van der Waals surface area contributed by atoms with Gasteiger partial charge in [0.1, 0.15) is 0 Å². The van der Waals surface area contributed by atoms with Gasteiger partial charge < -0.3 is 14.8 Å². The molecule has 0 amide bonds. The molecule has 1 N–H and O–H groups in total. The van der Waals surface area contributed by atoms with Crippen molar-refractivity contribution in [2.75, 3.05) is 20.3 Å². The average molecular weight is 297 g/mol. The molecule has 110 valence electrons. The molecular weight excluding hydrogens is 278 g/mol. The smallest absolute Gasteiger partial charge is 0.181 e. The van der Waals surface area contributed by atoms with Gasteiger partial charge in [0, 0.05) is 18.5 Å². The summed E-state index contributed by atoms with van der Waals surface area (Å²) < 4.78 is 36.3. The van der Waals surface area contributed by atoms with E-state index in [1.807, 2.05) is 13.1 Å². The van der Waals surface area contributed by atoms with Crippen molar-refractivity contribution in [3.05, 3.63) is 17.7 Å². The maximum absolute atomic E-state index is 12.5. The molecule has 1 aromatic rings. The van der Waals surface area contributed by atoms with Gasteiger partial charge >= 0.3 is 0 Å². The van der Waals surface area contributed by atoms with Crippen LogP contribution in [0.1, 0.15) is 31.4 Å². The van der Waals surface area contributed by atoms with Crippen molar-refractivity contribution in [3.63, 3.8) is 0 Å². The van der Waals surface area contributed by atoms with E-state index < -0.39 is 15.1 Å². The molecule has 5 nitrogen and oxygen atoms in total. The molecule has 0 fully saturated rings. The Labute approximate surface area is 119 Å². The molecule has 2 aliphatic heterocycles. The lowest BCUT2D eigenvalue weighted by Crippen LogP contribution is -2.33. The van der Waals surface area contributed by atoms with Crippen molar-refractivity contribution in [2.24, 2.45) is 0 Å². The highest BCUT2D eigenvalue weighted by molar-refractivity contribution is 7.92. The first-order valence-corrected chi connectivity index (χ1v) is 8.43. The molecule has 1 aromatic carbocycles. The monoisotopic (exact) mass is 297 g/mol. The van der Waals surface area contributed by atoms with Gasteiger partial charge in [-0.05, 0) is 32.0 Å². The predicted molar refractivity (Wildman–Crippen MR) is 75.1 cm³/mol. The second-order valence-electron chi connectivity index (χ2n) is 5.32. The lowest BCUT2D eigenvalue weighted by molar-refractivity contribution is 0.296. The topological polar surface area (TPSA) is 64.6 Å². The summed E-state index contributed by atoms with van der Waals surface area (Å²) in [5, 5.41) is 2.80. The number of hydrogen-bond donors (Lipinski definition) is 1. The molecule has 6 heteroatoms. The van der Waals surface area contributed by atoms with Crippen LogP contribution in [0.15, 0.2) is 17.0 Å². The third-order valence-corrected chi connectivity index (χ3v) is 6.23. The van der Waals surface area contributed by atoms with Gasteiger partial charge in [-0.15, -0.1) is 0 Å². The van der Waals surface area contributed by atoms with Crippen LogP contribution in [0.25, 0.3) is 0 Å². The normalized spacial score (nSPS) is 27.5. The Kier molecular flexibility index (Phi) is 3.38. The van der Waals surface area contributed by atoms with Crippen molar-refractivity contribution in [1.82, 2.24) is 5.32 Å². The average Bonchev–Trinajstić information content (AvgIpc) is 2.66. The van der Waals surface area contributed by atoms with E-state index in [0.29, 0.717) is 36.0 Å². The number of fused-ring (bicyclic) bond motifs is 2. The van der Waals surface area contributed by atoms with Gasteiger partial charge in [0.25, 0.3) is 0 Å². The SMILES string of the molecule is CNC1CC(C)S(=O)(=O)c2cc3c(cc21)OCCCO3. The summed E-state index contributed by atoms with van der Waals surface area (Å²) in [7, 11) is -1.44. The van der Waals surface area contributed by atoms with Gasteiger partial charge in [-0.3, -0.25) is 0 Å². The van der Waals surface area contributed by atoms with Gasteiger partial charge in [0.05, 0.1) is 23.4 Å². The Balaban J connectivity index is 2.19. The summed E-state index contributed by atoms with van der Waals surface area (Å²) in [5.74, 6) is 1.18. The molecule has 3 rings (SSSR count). The molecule has 20 heavy (non-hydrogen) atoms. The number of rotatable bonds is 1. The number of sulfone groups is 1. The summed E-state index contributed by atoms with van der Waals surface area (Å²) in [6, 6.07) is 3.48. The summed E-state index contributed by atoms with van der Waals surface area (Å²) >= 11 is 0. The van der Waals surface area contributed by atoms with Gasteiger partial charge in [0.15, 0.2) is 21.3 Å². The molecule has 0 aliphatic carbocycles. The number of benzene rings is 1. The standard InChI is InChI=1S/C14H19NO4S/c1-9-6-11(15-2)10-7-12-13(19-5-3-4-18-12)8-14(10)20(9,16)17/h7-9,11,15H,3-6H2,1-2H3. The van der Waals surface area contributed by atoms with E-state index in [9.17, 15) is 8.42 Å². The van der Waals surface area contributed by atoms with Gasteiger partial charge in [-0.25, -0.2) is 8.42 Å². The first-order chi connectivity index (χ1) is 9.54. The Morgan fingerprint density at radius 2 is 1.85 bits per heavy atom. The molecule has 0 spiro atoms. The number of ether oxygens (including phenoxy) is 2. The Bertz CT molecular complexity index is 626. The zero-order valence-electron chi connectivity index (χ0n) is 11.7. The minimum atomic E-state index is -3.28. The minimum absolute atomic E-state index is 0.0284. The van der Waals surface area contributed by atoms with E-state index in [1.165, 1.54) is 0 Å². The van der Waals surface area contributed by atoms with E-state index in [2.05, 4.69) is 5.32 Å². The van der Waals surface area contributed by atoms with Crippen molar-refractivity contribution >= 4 is 9.84 Å². The first kappa shape index (κ1) is 13.7.